The van der Waals surface area contributed by atoms with Gasteiger partial charge in [-0.2, -0.15) is 0 Å². The van der Waals surface area contributed by atoms with Crippen LogP contribution in [-0.4, -0.2) is 15.6 Å². The van der Waals surface area contributed by atoms with Crippen LogP contribution in [0.25, 0.3) is 0 Å². The number of rotatable bonds is 1. The first kappa shape index (κ1) is 13.2. The van der Waals surface area contributed by atoms with Crippen LogP contribution < -0.4 is 10.6 Å². The van der Waals surface area contributed by atoms with Gasteiger partial charge in [0.05, 0.1) is 5.02 Å². The van der Waals surface area contributed by atoms with Crippen LogP contribution >= 0.6 is 23.8 Å². The average molecular weight is 258 g/mol. The van der Waals surface area contributed by atoms with Gasteiger partial charge in [0.1, 0.15) is 5.82 Å². The molecule has 3 nitrogen and oxygen atoms in total. The lowest BCUT2D eigenvalue weighted by Gasteiger charge is -2.23. The fraction of sp³-hybridized carbons (Fsp3) is 0.455. The number of aryl methyl sites for hydroxylation is 1. The molecule has 0 bridgehead atoms. The molecule has 0 spiro atoms. The molecule has 0 amide bonds. The summed E-state index contributed by atoms with van der Waals surface area (Å²) in [5.74, 6) is 0.728. The van der Waals surface area contributed by atoms with Gasteiger partial charge in [-0.05, 0) is 51.5 Å². The van der Waals surface area contributed by atoms with Crippen LogP contribution in [0.1, 0.15) is 26.3 Å². The summed E-state index contributed by atoms with van der Waals surface area (Å²) >= 11 is 11.0. The van der Waals surface area contributed by atoms with Gasteiger partial charge in [0, 0.05) is 11.7 Å². The van der Waals surface area contributed by atoms with Crippen molar-refractivity contribution in [2.75, 3.05) is 5.32 Å². The maximum absolute atomic E-state index is 5.82. The number of halogens is 1. The molecule has 2 N–H and O–H groups in total. The first-order chi connectivity index (χ1) is 7.28. The SMILES string of the molecule is Cc1cc(Cl)cnc1NC(=S)NC(C)(C)C. The summed E-state index contributed by atoms with van der Waals surface area (Å²) in [6, 6.07) is 1.84. The average Bonchev–Trinajstić information content (AvgIpc) is 2.06. The number of nitrogens with zero attached hydrogens (tertiary/aromatic N) is 1. The zero-order valence-electron chi connectivity index (χ0n) is 9.89. The van der Waals surface area contributed by atoms with Crippen LogP contribution in [0.3, 0.4) is 0 Å². The molecule has 1 rings (SSSR count). The summed E-state index contributed by atoms with van der Waals surface area (Å²) in [6.07, 6.45) is 1.59. The molecule has 1 aromatic rings. The largest absolute Gasteiger partial charge is 0.358 e. The predicted octanol–water partition coefficient (Wildman–Crippen LogP) is 3.13. The highest BCUT2D eigenvalue weighted by atomic mass is 35.5. The van der Waals surface area contributed by atoms with Crippen molar-refractivity contribution in [3.05, 3.63) is 22.8 Å². The monoisotopic (exact) mass is 257 g/mol. The normalized spacial score (nSPS) is 11.1. The van der Waals surface area contributed by atoms with Crippen molar-refractivity contribution in [2.45, 2.75) is 33.2 Å². The van der Waals surface area contributed by atoms with Gasteiger partial charge in [0.25, 0.3) is 0 Å². The fourth-order valence-electron chi connectivity index (χ4n) is 1.15. The van der Waals surface area contributed by atoms with Crippen molar-refractivity contribution in [1.29, 1.82) is 0 Å². The summed E-state index contributed by atoms with van der Waals surface area (Å²) in [4.78, 5) is 4.18. The first-order valence-electron chi connectivity index (χ1n) is 4.99. The summed E-state index contributed by atoms with van der Waals surface area (Å²) in [6.45, 7) is 8.07. The van der Waals surface area contributed by atoms with E-state index in [4.69, 9.17) is 23.8 Å². The standard InChI is InChI=1S/C11H16ClN3S/c1-7-5-8(12)6-13-9(7)14-10(16)15-11(2,3)4/h5-6H,1-4H3,(H2,13,14,15,16). The van der Waals surface area contributed by atoms with E-state index in [-0.39, 0.29) is 5.54 Å². The molecule has 0 saturated carbocycles. The third kappa shape index (κ3) is 4.33. The number of anilines is 1. The van der Waals surface area contributed by atoms with Crippen molar-refractivity contribution in [1.82, 2.24) is 10.3 Å². The number of pyridine rings is 1. The second-order valence-electron chi connectivity index (χ2n) is 4.65. The Bertz CT molecular complexity index is 399. The zero-order chi connectivity index (χ0) is 12.3. The van der Waals surface area contributed by atoms with Gasteiger partial charge in [0.15, 0.2) is 5.11 Å². The molecule has 0 fully saturated rings. The molecule has 0 aliphatic carbocycles. The molecule has 16 heavy (non-hydrogen) atoms. The number of hydrogen-bond acceptors (Lipinski definition) is 2. The van der Waals surface area contributed by atoms with Crippen LogP contribution in [0.4, 0.5) is 5.82 Å². The molecular weight excluding hydrogens is 242 g/mol. The van der Waals surface area contributed by atoms with Crippen LogP contribution in [0.15, 0.2) is 12.3 Å². The number of nitrogens with one attached hydrogen (secondary N) is 2. The summed E-state index contributed by atoms with van der Waals surface area (Å²) in [5.41, 5.74) is 0.898. The summed E-state index contributed by atoms with van der Waals surface area (Å²) in [7, 11) is 0. The Morgan fingerprint density at radius 3 is 2.56 bits per heavy atom. The lowest BCUT2D eigenvalue weighted by molar-refractivity contribution is 0.514. The van der Waals surface area contributed by atoms with Gasteiger partial charge in [0.2, 0.25) is 0 Å². The minimum Gasteiger partial charge on any atom is -0.358 e. The highest BCUT2D eigenvalue weighted by molar-refractivity contribution is 7.80. The zero-order valence-corrected chi connectivity index (χ0v) is 11.5. The molecule has 0 aromatic carbocycles. The first-order valence-corrected chi connectivity index (χ1v) is 5.78. The summed E-state index contributed by atoms with van der Waals surface area (Å²) in [5, 5.41) is 7.38. The summed E-state index contributed by atoms with van der Waals surface area (Å²) < 4.78 is 0. The smallest absolute Gasteiger partial charge is 0.172 e. The van der Waals surface area contributed by atoms with Crippen LogP contribution in [0.2, 0.25) is 5.02 Å². The topological polar surface area (TPSA) is 37.0 Å². The molecule has 0 radical (unpaired) electrons. The Balaban J connectivity index is 2.70. The Kier molecular flexibility index (Phi) is 4.10. The minimum absolute atomic E-state index is 0.0651. The van der Waals surface area contributed by atoms with Crippen molar-refractivity contribution in [3.8, 4) is 0 Å². The molecular formula is C11H16ClN3S. The number of hydrogen-bond donors (Lipinski definition) is 2. The van der Waals surface area contributed by atoms with Crippen molar-refractivity contribution >= 4 is 34.7 Å². The molecule has 1 heterocycles. The Morgan fingerprint density at radius 2 is 2.06 bits per heavy atom. The maximum Gasteiger partial charge on any atom is 0.172 e. The van der Waals surface area contributed by atoms with E-state index < -0.39 is 0 Å². The Hall–Kier alpha value is -0.870. The van der Waals surface area contributed by atoms with Crippen molar-refractivity contribution < 1.29 is 0 Å². The van der Waals surface area contributed by atoms with E-state index in [0.29, 0.717) is 10.1 Å². The van der Waals surface area contributed by atoms with Gasteiger partial charge in [-0.3, -0.25) is 0 Å². The van der Waals surface area contributed by atoms with Gasteiger partial charge in [-0.1, -0.05) is 11.6 Å². The van der Waals surface area contributed by atoms with Crippen molar-refractivity contribution in [2.24, 2.45) is 0 Å². The third-order valence-electron chi connectivity index (χ3n) is 1.77. The Labute approximate surface area is 107 Å². The maximum atomic E-state index is 5.82. The second kappa shape index (κ2) is 4.97. The molecule has 0 unspecified atom stereocenters. The Morgan fingerprint density at radius 1 is 1.44 bits per heavy atom. The van der Waals surface area contributed by atoms with E-state index in [1.54, 1.807) is 6.20 Å². The molecule has 88 valence electrons. The molecule has 0 saturated heterocycles. The lowest BCUT2D eigenvalue weighted by Crippen LogP contribution is -2.43. The molecule has 0 aliphatic heterocycles. The van der Waals surface area contributed by atoms with Gasteiger partial charge in [-0.15, -0.1) is 0 Å². The van der Waals surface area contributed by atoms with Gasteiger partial charge in [-0.25, -0.2) is 4.98 Å². The van der Waals surface area contributed by atoms with Gasteiger partial charge < -0.3 is 10.6 Å². The number of thiocarbonyl (C=S) groups is 1. The van der Waals surface area contributed by atoms with Crippen molar-refractivity contribution in [3.63, 3.8) is 0 Å². The molecule has 0 atom stereocenters. The van der Waals surface area contributed by atoms with E-state index in [1.165, 1.54) is 0 Å². The van der Waals surface area contributed by atoms with Crippen LogP contribution in [0.5, 0.6) is 0 Å². The molecule has 5 heteroatoms. The fourth-order valence-corrected chi connectivity index (χ4v) is 1.77. The predicted molar refractivity (Wildman–Crippen MR) is 73.1 cm³/mol. The molecule has 1 aromatic heterocycles. The third-order valence-corrected chi connectivity index (χ3v) is 2.18. The molecule has 0 aliphatic rings. The van der Waals surface area contributed by atoms with E-state index in [0.717, 1.165) is 11.4 Å². The van der Waals surface area contributed by atoms with Gasteiger partial charge >= 0.3 is 0 Å². The van der Waals surface area contributed by atoms with E-state index in [9.17, 15) is 0 Å². The second-order valence-corrected chi connectivity index (χ2v) is 5.49. The highest BCUT2D eigenvalue weighted by Crippen LogP contribution is 2.16. The van der Waals surface area contributed by atoms with E-state index in [1.807, 2.05) is 33.8 Å². The van der Waals surface area contributed by atoms with Crippen LogP contribution in [0, 0.1) is 6.92 Å². The van der Waals surface area contributed by atoms with Crippen LogP contribution in [-0.2, 0) is 0 Å². The minimum atomic E-state index is -0.0651. The number of aromatic nitrogens is 1. The van der Waals surface area contributed by atoms with E-state index >= 15 is 0 Å². The lowest BCUT2D eigenvalue weighted by atomic mass is 10.1. The highest BCUT2D eigenvalue weighted by Gasteiger charge is 2.11. The van der Waals surface area contributed by atoms with E-state index in [2.05, 4.69) is 15.6 Å². The quantitative estimate of drug-likeness (QED) is 0.758.